The van der Waals surface area contributed by atoms with Gasteiger partial charge in [0.05, 0.1) is 5.92 Å². The number of allylic oxidation sites excluding steroid dienone is 2. The summed E-state index contributed by atoms with van der Waals surface area (Å²) in [6.07, 6.45) is 10.9. The lowest BCUT2D eigenvalue weighted by Crippen LogP contribution is -2.31. The van der Waals surface area contributed by atoms with Crippen LogP contribution < -0.4 is 0 Å². The van der Waals surface area contributed by atoms with Crippen LogP contribution in [0.4, 0.5) is 0 Å². The highest BCUT2D eigenvalue weighted by atomic mass is 16.5. The number of rotatable bonds is 3. The van der Waals surface area contributed by atoms with Crippen LogP contribution in [0.3, 0.4) is 0 Å². The normalized spacial score (nSPS) is 28.9. The van der Waals surface area contributed by atoms with Crippen molar-refractivity contribution in [1.29, 1.82) is 0 Å². The molecular weight excluding hydrogens is 200 g/mol. The molecule has 1 fully saturated rings. The van der Waals surface area contributed by atoms with Gasteiger partial charge in [0.25, 0.3) is 0 Å². The van der Waals surface area contributed by atoms with Gasteiger partial charge in [0.15, 0.2) is 0 Å². The first-order valence-electron chi connectivity index (χ1n) is 6.29. The van der Waals surface area contributed by atoms with Crippen LogP contribution in [0, 0.1) is 11.8 Å². The van der Waals surface area contributed by atoms with Crippen LogP contribution in [-0.4, -0.2) is 12.6 Å². The van der Waals surface area contributed by atoms with Crippen molar-refractivity contribution in [3.63, 3.8) is 0 Å². The molecule has 2 nitrogen and oxygen atoms in total. The Labute approximate surface area is 97.4 Å². The largest absolute Gasteiger partial charge is 0.461 e. The number of carbonyl (C=O) groups is 1. The molecule has 2 aliphatic carbocycles. The first kappa shape index (κ1) is 11.4. The minimum absolute atomic E-state index is 0.0163. The minimum Gasteiger partial charge on any atom is -0.461 e. The van der Waals surface area contributed by atoms with Gasteiger partial charge in [-0.05, 0) is 38.0 Å². The van der Waals surface area contributed by atoms with E-state index in [1.54, 1.807) is 6.08 Å². The fourth-order valence-corrected chi connectivity index (χ4v) is 2.96. The highest BCUT2D eigenvalue weighted by Gasteiger charge is 2.34. The minimum atomic E-state index is -0.0163. The zero-order chi connectivity index (χ0) is 11.4. The molecule has 0 spiro atoms. The molecule has 2 rings (SSSR count). The van der Waals surface area contributed by atoms with Crippen molar-refractivity contribution in [1.82, 2.24) is 0 Å². The SMILES string of the molecule is C=CCOC(=O)C1CCC=C2CCCCC21. The molecule has 0 saturated heterocycles. The first-order valence-corrected chi connectivity index (χ1v) is 6.29. The molecule has 0 heterocycles. The molecule has 1 saturated carbocycles. The van der Waals surface area contributed by atoms with Gasteiger partial charge in [-0.25, -0.2) is 0 Å². The summed E-state index contributed by atoms with van der Waals surface area (Å²) < 4.78 is 5.20. The quantitative estimate of drug-likeness (QED) is 0.539. The maximum atomic E-state index is 11.9. The molecule has 0 radical (unpaired) electrons. The maximum Gasteiger partial charge on any atom is 0.309 e. The van der Waals surface area contributed by atoms with E-state index in [4.69, 9.17) is 4.74 Å². The fraction of sp³-hybridized carbons (Fsp3) is 0.643. The molecule has 16 heavy (non-hydrogen) atoms. The second-order valence-corrected chi connectivity index (χ2v) is 4.73. The molecule has 0 aliphatic heterocycles. The Balaban J connectivity index is 2.01. The van der Waals surface area contributed by atoms with Crippen LogP contribution in [0.25, 0.3) is 0 Å². The zero-order valence-electron chi connectivity index (χ0n) is 9.78. The maximum absolute atomic E-state index is 11.9. The molecule has 0 amide bonds. The van der Waals surface area contributed by atoms with Gasteiger partial charge in [-0.15, -0.1) is 0 Å². The molecule has 0 bridgehead atoms. The molecule has 0 N–H and O–H groups in total. The Bertz CT molecular complexity index is 304. The van der Waals surface area contributed by atoms with E-state index in [1.165, 1.54) is 31.3 Å². The van der Waals surface area contributed by atoms with Gasteiger partial charge in [-0.3, -0.25) is 4.79 Å². The molecular formula is C14H20O2. The van der Waals surface area contributed by atoms with Gasteiger partial charge in [0.1, 0.15) is 6.61 Å². The van der Waals surface area contributed by atoms with Crippen molar-refractivity contribution in [2.75, 3.05) is 6.61 Å². The van der Waals surface area contributed by atoms with E-state index in [2.05, 4.69) is 12.7 Å². The molecule has 2 atom stereocenters. The number of fused-ring (bicyclic) bond motifs is 1. The number of esters is 1. The summed E-state index contributed by atoms with van der Waals surface area (Å²) in [5, 5.41) is 0. The smallest absolute Gasteiger partial charge is 0.309 e. The van der Waals surface area contributed by atoms with Crippen LogP contribution in [0.15, 0.2) is 24.3 Å². The Morgan fingerprint density at radius 1 is 1.50 bits per heavy atom. The first-order chi connectivity index (χ1) is 7.83. The van der Waals surface area contributed by atoms with E-state index in [0.29, 0.717) is 12.5 Å². The Hall–Kier alpha value is -1.05. The van der Waals surface area contributed by atoms with Gasteiger partial charge >= 0.3 is 5.97 Å². The lowest BCUT2D eigenvalue weighted by molar-refractivity contribution is -0.149. The summed E-state index contributed by atoms with van der Waals surface area (Å²) in [4.78, 5) is 11.9. The molecule has 88 valence electrons. The molecule has 0 aromatic carbocycles. The van der Waals surface area contributed by atoms with E-state index in [0.717, 1.165) is 12.8 Å². The Kier molecular flexibility index (Phi) is 3.81. The average molecular weight is 220 g/mol. The topological polar surface area (TPSA) is 26.3 Å². The van der Waals surface area contributed by atoms with Crippen molar-refractivity contribution in [2.45, 2.75) is 38.5 Å². The van der Waals surface area contributed by atoms with Crippen molar-refractivity contribution in [3.8, 4) is 0 Å². The summed E-state index contributed by atoms with van der Waals surface area (Å²) in [7, 11) is 0. The van der Waals surface area contributed by atoms with Crippen molar-refractivity contribution >= 4 is 5.97 Å². The van der Waals surface area contributed by atoms with Gasteiger partial charge in [-0.2, -0.15) is 0 Å². The van der Waals surface area contributed by atoms with Crippen molar-refractivity contribution in [2.24, 2.45) is 11.8 Å². The van der Waals surface area contributed by atoms with Gasteiger partial charge in [0, 0.05) is 0 Å². The molecule has 2 heteroatoms. The molecule has 0 aromatic rings. The third kappa shape index (κ3) is 2.37. The fourth-order valence-electron chi connectivity index (χ4n) is 2.96. The number of hydrogen-bond donors (Lipinski definition) is 0. The van der Waals surface area contributed by atoms with E-state index in [-0.39, 0.29) is 11.9 Å². The lowest BCUT2D eigenvalue weighted by Gasteiger charge is -2.34. The van der Waals surface area contributed by atoms with Crippen LogP contribution >= 0.6 is 0 Å². The van der Waals surface area contributed by atoms with Gasteiger partial charge in [-0.1, -0.05) is 30.7 Å². The van der Waals surface area contributed by atoms with E-state index in [9.17, 15) is 4.79 Å². The number of carbonyl (C=O) groups excluding carboxylic acids is 1. The number of hydrogen-bond acceptors (Lipinski definition) is 2. The van der Waals surface area contributed by atoms with Crippen LogP contribution in [0.2, 0.25) is 0 Å². The van der Waals surface area contributed by atoms with Gasteiger partial charge < -0.3 is 4.74 Å². The summed E-state index contributed by atoms with van der Waals surface area (Å²) in [5.74, 6) is 0.567. The van der Waals surface area contributed by atoms with E-state index >= 15 is 0 Å². The predicted octanol–water partition coefficient (Wildman–Crippen LogP) is 3.24. The third-order valence-corrected chi connectivity index (χ3v) is 3.72. The highest BCUT2D eigenvalue weighted by molar-refractivity contribution is 5.73. The second-order valence-electron chi connectivity index (χ2n) is 4.73. The summed E-state index contributed by atoms with van der Waals surface area (Å²) in [6, 6.07) is 0. The van der Waals surface area contributed by atoms with Crippen LogP contribution in [0.5, 0.6) is 0 Å². The zero-order valence-corrected chi connectivity index (χ0v) is 9.78. The monoisotopic (exact) mass is 220 g/mol. The van der Waals surface area contributed by atoms with Crippen molar-refractivity contribution < 1.29 is 9.53 Å². The Morgan fingerprint density at radius 2 is 2.38 bits per heavy atom. The molecule has 2 unspecified atom stereocenters. The Morgan fingerprint density at radius 3 is 3.19 bits per heavy atom. The number of ether oxygens (including phenoxy) is 1. The average Bonchev–Trinajstić information content (AvgIpc) is 2.35. The van der Waals surface area contributed by atoms with Gasteiger partial charge in [0.2, 0.25) is 0 Å². The predicted molar refractivity (Wildman–Crippen MR) is 63.9 cm³/mol. The third-order valence-electron chi connectivity index (χ3n) is 3.72. The standard InChI is InChI=1S/C14H20O2/c1-2-10-16-14(15)13-9-5-7-11-6-3-4-8-12(11)13/h2,7,12-13H,1,3-6,8-10H2. The highest BCUT2D eigenvalue weighted by Crippen LogP contribution is 2.40. The summed E-state index contributed by atoms with van der Waals surface area (Å²) >= 11 is 0. The molecule has 2 aliphatic rings. The summed E-state index contributed by atoms with van der Waals surface area (Å²) in [5.41, 5.74) is 1.51. The van der Waals surface area contributed by atoms with Crippen LogP contribution in [-0.2, 0) is 9.53 Å². The lowest BCUT2D eigenvalue weighted by atomic mass is 9.71. The van der Waals surface area contributed by atoms with Crippen LogP contribution in [0.1, 0.15) is 38.5 Å². The summed E-state index contributed by atoms with van der Waals surface area (Å²) in [6.45, 7) is 3.92. The molecule has 0 aromatic heterocycles. The van der Waals surface area contributed by atoms with Crippen molar-refractivity contribution in [3.05, 3.63) is 24.3 Å². The second kappa shape index (κ2) is 5.33. The van der Waals surface area contributed by atoms with E-state index < -0.39 is 0 Å². The van der Waals surface area contributed by atoms with E-state index in [1.807, 2.05) is 0 Å².